The number of fused-ring (bicyclic) bond motifs is 2. The van der Waals surface area contributed by atoms with E-state index >= 15 is 0 Å². The number of amides is 1. The van der Waals surface area contributed by atoms with Gasteiger partial charge in [-0.25, -0.2) is 16.8 Å². The second-order valence-electron chi connectivity index (χ2n) is 13.4. The van der Waals surface area contributed by atoms with E-state index in [4.69, 9.17) is 14.2 Å². The molecule has 0 spiro atoms. The summed E-state index contributed by atoms with van der Waals surface area (Å²) in [5, 5.41) is 5.61. The summed E-state index contributed by atoms with van der Waals surface area (Å²) in [6.45, 7) is 3.47. The third-order valence-corrected chi connectivity index (χ3v) is 13.2. The van der Waals surface area contributed by atoms with Gasteiger partial charge in [0.25, 0.3) is 0 Å². The van der Waals surface area contributed by atoms with Crippen LogP contribution in [0.4, 0.5) is 0 Å². The molecule has 1 aliphatic heterocycles. The molecule has 4 aromatic rings. The first-order valence-corrected chi connectivity index (χ1v) is 21.6. The Morgan fingerprint density at radius 3 is 1.55 bits per heavy atom. The summed E-state index contributed by atoms with van der Waals surface area (Å²) in [5.74, 6) is -0.171. The van der Waals surface area contributed by atoms with Crippen molar-refractivity contribution in [2.45, 2.75) is 83.2 Å². The third kappa shape index (κ3) is 11.8. The number of carbonyl (C=O) groups excluding carboxylic acids is 1. The number of ether oxygens (including phenoxy) is 3. The standard InChI is InChI=1S/C19H21NO4S.C19H23NO3S.C4H8O.B/c1-20-19(21)13-24-18-9-5-6-14-12-16(10-11-17(14)18)25(22,23)15-7-3-2-4-8-15;1-20-12-13-23-19-9-5-6-15-14-17(10-11-18(15)19)24(21,22)16-7-3-2-4-8-16;1-2-4-5-3-1;/h2-4,7-8,10-12,18H,5-6,9,13H2,1H3,(H,20,21);2-4,7-8,10-11,14,19-20H,5-6,9,12-13H2,1H3;1-4H2;. The fourth-order valence-corrected chi connectivity index (χ4v) is 9.37. The van der Waals surface area contributed by atoms with E-state index in [9.17, 15) is 21.6 Å². The van der Waals surface area contributed by atoms with E-state index in [1.807, 2.05) is 31.3 Å². The Hall–Kier alpha value is -3.85. The number of rotatable bonds is 11. The van der Waals surface area contributed by atoms with E-state index in [-0.39, 0.29) is 38.0 Å². The molecule has 2 N–H and O–H groups in total. The van der Waals surface area contributed by atoms with Crippen LogP contribution in [0.3, 0.4) is 0 Å². The van der Waals surface area contributed by atoms with E-state index in [2.05, 4.69) is 10.6 Å². The lowest BCUT2D eigenvalue weighted by Crippen LogP contribution is -2.25. The lowest BCUT2D eigenvalue weighted by Gasteiger charge is -2.26. The first kappa shape index (κ1) is 43.9. The third-order valence-electron chi connectivity index (χ3n) is 9.67. The molecular formula is C42H52BN2O8S2. The van der Waals surface area contributed by atoms with Crippen LogP contribution in [0.25, 0.3) is 0 Å². The highest BCUT2D eigenvalue weighted by molar-refractivity contribution is 7.91. The van der Waals surface area contributed by atoms with Crippen LogP contribution in [0.1, 0.15) is 73.0 Å². The Balaban J connectivity index is 0.000000213. The minimum Gasteiger partial charge on any atom is -0.381 e. The monoisotopic (exact) mass is 787 g/mol. The predicted octanol–water partition coefficient (Wildman–Crippen LogP) is 6.21. The van der Waals surface area contributed by atoms with Gasteiger partial charge >= 0.3 is 0 Å². The quantitative estimate of drug-likeness (QED) is 0.134. The molecule has 1 fully saturated rings. The van der Waals surface area contributed by atoms with Crippen molar-refractivity contribution in [1.82, 2.24) is 10.6 Å². The first-order chi connectivity index (χ1) is 26.1. The molecule has 1 saturated heterocycles. The zero-order valence-corrected chi connectivity index (χ0v) is 33.4. The Morgan fingerprint density at radius 2 is 1.13 bits per heavy atom. The average Bonchev–Trinajstić information content (AvgIpc) is 3.81. The van der Waals surface area contributed by atoms with Gasteiger partial charge in [-0.1, -0.05) is 48.5 Å². The van der Waals surface area contributed by atoms with Crippen molar-refractivity contribution in [2.75, 3.05) is 47.1 Å². The fourth-order valence-electron chi connectivity index (χ4n) is 6.71. The lowest BCUT2D eigenvalue weighted by atomic mass is 9.89. The number of nitrogens with one attached hydrogen (secondary N) is 2. The van der Waals surface area contributed by atoms with E-state index in [1.165, 1.54) is 12.8 Å². The summed E-state index contributed by atoms with van der Waals surface area (Å²) in [7, 11) is -3.51. The zero-order chi connectivity index (χ0) is 38.4. The van der Waals surface area contributed by atoms with Gasteiger partial charge in [-0.2, -0.15) is 0 Å². The summed E-state index contributed by atoms with van der Waals surface area (Å²) in [4.78, 5) is 12.7. The second-order valence-corrected chi connectivity index (χ2v) is 17.3. The average molecular weight is 788 g/mol. The molecule has 3 aliphatic rings. The van der Waals surface area contributed by atoms with Crippen LogP contribution >= 0.6 is 0 Å². The van der Waals surface area contributed by atoms with Crippen LogP contribution in [-0.4, -0.2) is 78.2 Å². The molecule has 13 heteroatoms. The first-order valence-electron chi connectivity index (χ1n) is 18.7. The molecule has 2 unspecified atom stereocenters. The number of sulfone groups is 2. The van der Waals surface area contributed by atoms with Gasteiger partial charge in [0.15, 0.2) is 0 Å². The highest BCUT2D eigenvalue weighted by Gasteiger charge is 2.26. The molecular weight excluding hydrogens is 735 g/mol. The second kappa shape index (κ2) is 21.5. The van der Waals surface area contributed by atoms with E-state index in [0.717, 1.165) is 80.5 Å². The molecule has 2 atom stereocenters. The Kier molecular flexibility index (Phi) is 17.1. The van der Waals surface area contributed by atoms with Crippen LogP contribution in [0.5, 0.6) is 0 Å². The van der Waals surface area contributed by atoms with Gasteiger partial charge in [-0.05, 0) is 129 Å². The number of benzene rings is 4. The van der Waals surface area contributed by atoms with Crippen molar-refractivity contribution >= 4 is 34.0 Å². The number of hydrogen-bond donors (Lipinski definition) is 2. The molecule has 293 valence electrons. The molecule has 10 nitrogen and oxygen atoms in total. The molecule has 0 bridgehead atoms. The van der Waals surface area contributed by atoms with Crippen LogP contribution in [-0.2, 0) is 51.5 Å². The zero-order valence-electron chi connectivity index (χ0n) is 31.7. The maximum atomic E-state index is 12.8. The molecule has 0 saturated carbocycles. The van der Waals surface area contributed by atoms with Crippen molar-refractivity contribution in [3.8, 4) is 0 Å². The SMILES string of the molecule is C1CCOC1.CNC(=O)COC1CCCc2cc(S(=O)(=O)c3ccccc3)ccc21.CNCCOC1CCCc2cc(S(=O)(=O)c3ccccc3)ccc21.[B]. The van der Waals surface area contributed by atoms with Gasteiger partial charge in [0.05, 0.1) is 38.4 Å². The maximum absolute atomic E-state index is 12.8. The van der Waals surface area contributed by atoms with Crippen molar-refractivity contribution in [3.05, 3.63) is 119 Å². The van der Waals surface area contributed by atoms with Crippen LogP contribution in [0.2, 0.25) is 0 Å². The molecule has 2 aliphatic carbocycles. The summed E-state index contributed by atoms with van der Waals surface area (Å²) < 4.78 is 67.7. The number of hydrogen-bond acceptors (Lipinski definition) is 9. The van der Waals surface area contributed by atoms with Gasteiger partial charge < -0.3 is 24.8 Å². The molecule has 1 amide bonds. The fraction of sp³-hybridized carbons (Fsp3) is 0.405. The number of aryl methyl sites for hydroxylation is 2. The minimum atomic E-state index is -3.52. The normalized spacial score (nSPS) is 17.5. The Bertz CT molecular complexity index is 2020. The van der Waals surface area contributed by atoms with E-state index in [1.54, 1.807) is 79.8 Å². The van der Waals surface area contributed by atoms with Gasteiger partial charge in [0, 0.05) is 35.2 Å². The Morgan fingerprint density at radius 1 is 0.655 bits per heavy atom. The minimum absolute atomic E-state index is 0. The van der Waals surface area contributed by atoms with Crippen molar-refractivity contribution in [3.63, 3.8) is 0 Å². The molecule has 3 radical (unpaired) electrons. The summed E-state index contributed by atoms with van der Waals surface area (Å²) in [6.07, 6.45) is 7.90. The van der Waals surface area contributed by atoms with Crippen LogP contribution < -0.4 is 10.6 Å². The molecule has 7 rings (SSSR count). The largest absolute Gasteiger partial charge is 0.381 e. The van der Waals surface area contributed by atoms with Crippen molar-refractivity contribution in [2.24, 2.45) is 0 Å². The summed E-state index contributed by atoms with van der Waals surface area (Å²) in [5.41, 5.74) is 4.17. The van der Waals surface area contributed by atoms with Crippen LogP contribution in [0, 0.1) is 0 Å². The van der Waals surface area contributed by atoms with Gasteiger partial charge in [-0.15, -0.1) is 0 Å². The van der Waals surface area contributed by atoms with Crippen molar-refractivity contribution < 1.29 is 35.8 Å². The summed E-state index contributed by atoms with van der Waals surface area (Å²) in [6, 6.07) is 27.7. The number of carbonyl (C=O) groups is 1. The summed E-state index contributed by atoms with van der Waals surface area (Å²) >= 11 is 0. The van der Waals surface area contributed by atoms with Gasteiger partial charge in [-0.3, -0.25) is 4.79 Å². The molecule has 55 heavy (non-hydrogen) atoms. The molecule has 0 aromatic heterocycles. The smallest absolute Gasteiger partial charge is 0.245 e. The van der Waals surface area contributed by atoms with Crippen molar-refractivity contribution in [1.29, 1.82) is 0 Å². The van der Waals surface area contributed by atoms with Gasteiger partial charge in [0.1, 0.15) is 6.61 Å². The molecule has 1 heterocycles. The maximum Gasteiger partial charge on any atom is 0.245 e. The number of likely N-dealkylation sites (N-methyl/N-ethyl adjacent to an activating group) is 2. The van der Waals surface area contributed by atoms with Gasteiger partial charge in [0.2, 0.25) is 25.6 Å². The van der Waals surface area contributed by atoms with E-state index in [0.29, 0.717) is 21.3 Å². The topological polar surface area (TPSA) is 137 Å². The molecule has 4 aromatic carbocycles. The van der Waals surface area contributed by atoms with E-state index < -0.39 is 19.7 Å². The highest BCUT2D eigenvalue weighted by Crippen LogP contribution is 2.36. The lowest BCUT2D eigenvalue weighted by molar-refractivity contribution is -0.127. The van der Waals surface area contributed by atoms with Crippen LogP contribution in [0.15, 0.2) is 117 Å². The highest BCUT2D eigenvalue weighted by atomic mass is 32.2. The Labute approximate surface area is 328 Å². The predicted molar refractivity (Wildman–Crippen MR) is 214 cm³/mol.